The molecular formula is C17H23ClN4O3. The van der Waals surface area contributed by atoms with Crippen molar-refractivity contribution in [2.24, 2.45) is 11.7 Å². The van der Waals surface area contributed by atoms with Gasteiger partial charge in [0.05, 0.1) is 16.5 Å². The summed E-state index contributed by atoms with van der Waals surface area (Å²) < 4.78 is 0. The van der Waals surface area contributed by atoms with Gasteiger partial charge in [-0.1, -0.05) is 11.6 Å². The maximum atomic E-state index is 12.3. The van der Waals surface area contributed by atoms with E-state index in [1.54, 1.807) is 18.2 Å². The highest BCUT2D eigenvalue weighted by molar-refractivity contribution is 6.34. The van der Waals surface area contributed by atoms with Gasteiger partial charge in [-0.15, -0.1) is 0 Å². The number of hydrogen-bond acceptors (Lipinski definition) is 4. The second-order valence-corrected chi connectivity index (χ2v) is 6.58. The van der Waals surface area contributed by atoms with Crippen molar-refractivity contribution in [2.75, 3.05) is 31.5 Å². The van der Waals surface area contributed by atoms with Gasteiger partial charge in [0.2, 0.25) is 11.8 Å². The minimum atomic E-state index is -0.305. The van der Waals surface area contributed by atoms with Gasteiger partial charge in [0.25, 0.3) is 5.91 Å². The monoisotopic (exact) mass is 366 g/mol. The first kappa shape index (κ1) is 19.2. The molecule has 1 saturated heterocycles. The van der Waals surface area contributed by atoms with Gasteiger partial charge in [0, 0.05) is 32.2 Å². The first-order chi connectivity index (χ1) is 11.9. The Morgan fingerprint density at radius 2 is 2.12 bits per heavy atom. The Hall–Kier alpha value is -2.12. The Morgan fingerprint density at radius 3 is 2.80 bits per heavy atom. The van der Waals surface area contributed by atoms with E-state index >= 15 is 0 Å². The number of benzene rings is 1. The number of carbonyl (C=O) groups is 3. The van der Waals surface area contributed by atoms with Crippen LogP contribution in [0.15, 0.2) is 18.2 Å². The Labute approximate surface area is 151 Å². The van der Waals surface area contributed by atoms with Crippen molar-refractivity contribution in [3.8, 4) is 0 Å². The van der Waals surface area contributed by atoms with Crippen LogP contribution in [0.1, 0.15) is 30.1 Å². The lowest BCUT2D eigenvalue weighted by atomic mass is 9.97. The molecule has 1 unspecified atom stereocenters. The fourth-order valence-electron chi connectivity index (χ4n) is 2.89. The van der Waals surface area contributed by atoms with Crippen molar-refractivity contribution in [2.45, 2.75) is 19.8 Å². The molecule has 0 aliphatic carbocycles. The molecule has 1 aromatic carbocycles. The first-order valence-electron chi connectivity index (χ1n) is 8.24. The third kappa shape index (κ3) is 5.72. The average Bonchev–Trinajstić information content (AvgIpc) is 2.56. The summed E-state index contributed by atoms with van der Waals surface area (Å²) >= 11 is 6.07. The molecular weight excluding hydrogens is 344 g/mol. The number of primary amides is 1. The molecule has 0 saturated carbocycles. The number of nitrogens with one attached hydrogen (secondary N) is 2. The van der Waals surface area contributed by atoms with E-state index in [1.807, 2.05) is 0 Å². The molecule has 0 radical (unpaired) electrons. The third-order valence-electron chi connectivity index (χ3n) is 4.15. The Kier molecular flexibility index (Phi) is 6.78. The number of anilines is 1. The van der Waals surface area contributed by atoms with E-state index in [0.717, 1.165) is 19.4 Å². The zero-order valence-electron chi connectivity index (χ0n) is 14.2. The molecule has 0 spiro atoms. The van der Waals surface area contributed by atoms with Crippen LogP contribution in [-0.2, 0) is 9.59 Å². The van der Waals surface area contributed by atoms with Crippen molar-refractivity contribution < 1.29 is 14.4 Å². The van der Waals surface area contributed by atoms with E-state index in [-0.39, 0.29) is 23.6 Å². The zero-order chi connectivity index (χ0) is 18.4. The number of halogens is 1. The smallest absolute Gasteiger partial charge is 0.252 e. The predicted molar refractivity (Wildman–Crippen MR) is 96.4 cm³/mol. The lowest BCUT2D eigenvalue weighted by Gasteiger charge is -2.31. The first-order valence-corrected chi connectivity index (χ1v) is 8.61. The topological polar surface area (TPSA) is 105 Å². The van der Waals surface area contributed by atoms with Crippen LogP contribution in [0.4, 0.5) is 5.69 Å². The van der Waals surface area contributed by atoms with E-state index in [1.165, 1.54) is 6.92 Å². The fourth-order valence-corrected chi connectivity index (χ4v) is 3.10. The number of piperidine rings is 1. The van der Waals surface area contributed by atoms with E-state index in [2.05, 4.69) is 15.5 Å². The molecule has 1 fully saturated rings. The number of amides is 3. The molecule has 1 atom stereocenters. The summed E-state index contributed by atoms with van der Waals surface area (Å²) in [5.74, 6) is -0.910. The molecule has 3 amide bonds. The SMILES string of the molecule is CC(=O)Nc1ccc(Cl)c(C(=O)NCCN2CCCC(C(N)=O)C2)c1. The quantitative estimate of drug-likeness (QED) is 0.704. The number of hydrogen-bond donors (Lipinski definition) is 3. The third-order valence-corrected chi connectivity index (χ3v) is 4.48. The van der Waals surface area contributed by atoms with Crippen LogP contribution in [0.25, 0.3) is 0 Å². The number of rotatable bonds is 6. The summed E-state index contributed by atoms with van der Waals surface area (Å²) in [5.41, 5.74) is 6.19. The molecule has 1 heterocycles. The van der Waals surface area contributed by atoms with Gasteiger partial charge >= 0.3 is 0 Å². The summed E-state index contributed by atoms with van der Waals surface area (Å²) in [6.07, 6.45) is 1.75. The summed E-state index contributed by atoms with van der Waals surface area (Å²) in [5, 5.41) is 5.76. The van der Waals surface area contributed by atoms with Gasteiger partial charge in [-0.3, -0.25) is 14.4 Å². The predicted octanol–water partition coefficient (Wildman–Crippen LogP) is 1.23. The maximum Gasteiger partial charge on any atom is 0.252 e. The molecule has 25 heavy (non-hydrogen) atoms. The van der Waals surface area contributed by atoms with Crippen LogP contribution in [0.5, 0.6) is 0 Å². The van der Waals surface area contributed by atoms with Crippen molar-refractivity contribution in [3.63, 3.8) is 0 Å². The number of likely N-dealkylation sites (tertiary alicyclic amines) is 1. The number of nitrogens with zero attached hydrogens (tertiary/aromatic N) is 1. The van der Waals surface area contributed by atoms with Crippen LogP contribution in [0.2, 0.25) is 5.02 Å². The Balaban J connectivity index is 1.88. The minimum absolute atomic E-state index is 0.117. The summed E-state index contributed by atoms with van der Waals surface area (Å²) in [6, 6.07) is 4.76. The van der Waals surface area contributed by atoms with Gasteiger partial charge in [0.1, 0.15) is 0 Å². The molecule has 0 aromatic heterocycles. The van der Waals surface area contributed by atoms with Gasteiger partial charge in [-0.25, -0.2) is 0 Å². The van der Waals surface area contributed by atoms with Crippen LogP contribution in [-0.4, -0.2) is 48.8 Å². The number of nitrogens with two attached hydrogens (primary N) is 1. The van der Waals surface area contributed by atoms with E-state index in [9.17, 15) is 14.4 Å². The molecule has 4 N–H and O–H groups in total. The zero-order valence-corrected chi connectivity index (χ0v) is 14.9. The lowest BCUT2D eigenvalue weighted by molar-refractivity contribution is -0.123. The fraction of sp³-hybridized carbons (Fsp3) is 0.471. The molecule has 2 rings (SSSR count). The summed E-state index contributed by atoms with van der Waals surface area (Å²) in [4.78, 5) is 36.8. The molecule has 1 aliphatic heterocycles. The molecule has 1 aliphatic rings. The Bertz CT molecular complexity index is 665. The second-order valence-electron chi connectivity index (χ2n) is 6.17. The normalized spacial score (nSPS) is 17.8. The van der Waals surface area contributed by atoms with Crippen molar-refractivity contribution in [1.29, 1.82) is 0 Å². The van der Waals surface area contributed by atoms with Gasteiger partial charge in [-0.2, -0.15) is 0 Å². The molecule has 136 valence electrons. The maximum absolute atomic E-state index is 12.3. The van der Waals surface area contributed by atoms with Crippen molar-refractivity contribution >= 4 is 35.0 Å². The lowest BCUT2D eigenvalue weighted by Crippen LogP contribution is -2.44. The second kappa shape index (κ2) is 8.82. The molecule has 1 aromatic rings. The standard InChI is InChI=1S/C17H23ClN4O3/c1-11(23)21-13-4-5-15(18)14(9-13)17(25)20-6-8-22-7-2-3-12(10-22)16(19)24/h4-5,9,12H,2-3,6-8,10H2,1H3,(H2,19,24)(H,20,25)(H,21,23). The number of carbonyl (C=O) groups excluding carboxylic acids is 3. The highest BCUT2D eigenvalue weighted by Gasteiger charge is 2.23. The van der Waals surface area contributed by atoms with Crippen LogP contribution >= 0.6 is 11.6 Å². The highest BCUT2D eigenvalue weighted by Crippen LogP contribution is 2.20. The molecule has 8 heteroatoms. The van der Waals surface area contributed by atoms with E-state index < -0.39 is 0 Å². The van der Waals surface area contributed by atoms with Gasteiger partial charge in [-0.05, 0) is 37.6 Å². The van der Waals surface area contributed by atoms with E-state index in [4.69, 9.17) is 17.3 Å². The highest BCUT2D eigenvalue weighted by atomic mass is 35.5. The van der Waals surface area contributed by atoms with Crippen molar-refractivity contribution in [1.82, 2.24) is 10.2 Å². The van der Waals surface area contributed by atoms with Crippen molar-refractivity contribution in [3.05, 3.63) is 28.8 Å². The molecule has 7 nitrogen and oxygen atoms in total. The molecule has 0 bridgehead atoms. The van der Waals surface area contributed by atoms with Crippen LogP contribution in [0, 0.1) is 5.92 Å². The average molecular weight is 367 g/mol. The van der Waals surface area contributed by atoms with E-state index in [0.29, 0.717) is 35.9 Å². The van der Waals surface area contributed by atoms with Crippen LogP contribution < -0.4 is 16.4 Å². The van der Waals surface area contributed by atoms with Crippen LogP contribution in [0.3, 0.4) is 0 Å². The largest absolute Gasteiger partial charge is 0.369 e. The minimum Gasteiger partial charge on any atom is -0.369 e. The van der Waals surface area contributed by atoms with Gasteiger partial charge < -0.3 is 21.3 Å². The summed E-state index contributed by atoms with van der Waals surface area (Å²) in [6.45, 7) is 3.98. The summed E-state index contributed by atoms with van der Waals surface area (Å²) in [7, 11) is 0. The van der Waals surface area contributed by atoms with Gasteiger partial charge in [0.15, 0.2) is 0 Å². The Morgan fingerprint density at radius 1 is 1.36 bits per heavy atom.